The molecule has 1 fully saturated rings. The van der Waals surface area contributed by atoms with Crippen LogP contribution in [0.1, 0.15) is 33.6 Å². The average molecular weight is 278 g/mol. The lowest BCUT2D eigenvalue weighted by Crippen LogP contribution is -2.40. The number of piperidine rings is 1. The van der Waals surface area contributed by atoms with Crippen molar-refractivity contribution >= 4 is 5.82 Å². The van der Waals surface area contributed by atoms with Crippen molar-refractivity contribution < 1.29 is 0 Å². The van der Waals surface area contributed by atoms with Gasteiger partial charge in [-0.15, -0.1) is 0 Å². The van der Waals surface area contributed by atoms with E-state index in [1.165, 1.54) is 12.8 Å². The van der Waals surface area contributed by atoms with Crippen LogP contribution < -0.4 is 15.8 Å². The zero-order chi connectivity index (χ0) is 14.8. The number of nitrogens with one attached hydrogen (secondary N) is 1. The summed E-state index contributed by atoms with van der Waals surface area (Å²) >= 11 is 0. The zero-order valence-electron chi connectivity index (χ0n) is 13.0. The molecule has 20 heavy (non-hydrogen) atoms. The van der Waals surface area contributed by atoms with Crippen LogP contribution in [0.3, 0.4) is 0 Å². The molecule has 0 unspecified atom stereocenters. The fraction of sp³-hybridized carbons (Fsp3) is 0.733. The van der Waals surface area contributed by atoms with E-state index < -0.39 is 0 Å². The SMILES string of the molecule is CN(CC1CCNCC1)c1nccn(C(C)(C)C)c1=O. The van der Waals surface area contributed by atoms with Crippen LogP contribution in [0.5, 0.6) is 0 Å². The second kappa shape index (κ2) is 5.95. The standard InChI is InChI=1S/C15H26N4O/c1-15(2,3)19-10-9-17-13(14(19)20)18(4)11-12-5-7-16-8-6-12/h9-10,12,16H,5-8,11H2,1-4H3. The van der Waals surface area contributed by atoms with Crippen LogP contribution in [0.4, 0.5) is 5.82 Å². The highest BCUT2D eigenvalue weighted by molar-refractivity contribution is 5.34. The van der Waals surface area contributed by atoms with Crippen molar-refractivity contribution in [2.45, 2.75) is 39.2 Å². The molecule has 1 N–H and O–H groups in total. The van der Waals surface area contributed by atoms with Crippen LogP contribution in [0.15, 0.2) is 17.2 Å². The molecule has 2 heterocycles. The van der Waals surface area contributed by atoms with E-state index in [0.29, 0.717) is 11.7 Å². The molecule has 0 aromatic carbocycles. The van der Waals surface area contributed by atoms with Crippen molar-refractivity contribution in [2.24, 2.45) is 5.92 Å². The van der Waals surface area contributed by atoms with Gasteiger partial charge in [0.2, 0.25) is 0 Å². The van der Waals surface area contributed by atoms with Gasteiger partial charge in [-0.2, -0.15) is 0 Å². The third-order valence-corrected chi connectivity index (χ3v) is 3.90. The summed E-state index contributed by atoms with van der Waals surface area (Å²) in [5, 5.41) is 3.37. The summed E-state index contributed by atoms with van der Waals surface area (Å²) in [5.41, 5.74) is -0.221. The molecule has 1 aromatic heterocycles. The predicted molar refractivity (Wildman–Crippen MR) is 82.4 cm³/mol. The highest BCUT2D eigenvalue weighted by Gasteiger charge is 2.21. The van der Waals surface area contributed by atoms with Crippen molar-refractivity contribution in [3.05, 3.63) is 22.7 Å². The molecule has 0 aliphatic carbocycles. The van der Waals surface area contributed by atoms with Crippen LogP contribution in [-0.4, -0.2) is 36.2 Å². The molecule has 0 bridgehead atoms. The summed E-state index contributed by atoms with van der Waals surface area (Å²) < 4.78 is 1.76. The van der Waals surface area contributed by atoms with Crippen LogP contribution >= 0.6 is 0 Å². The normalized spacial score (nSPS) is 17.2. The van der Waals surface area contributed by atoms with E-state index in [2.05, 4.69) is 10.3 Å². The maximum Gasteiger partial charge on any atom is 0.293 e. The molecule has 5 heteroatoms. The number of aromatic nitrogens is 2. The van der Waals surface area contributed by atoms with Crippen molar-refractivity contribution in [1.29, 1.82) is 0 Å². The van der Waals surface area contributed by atoms with Gasteiger partial charge in [-0.3, -0.25) is 4.79 Å². The topological polar surface area (TPSA) is 50.2 Å². The average Bonchev–Trinajstić information content (AvgIpc) is 2.38. The minimum atomic E-state index is -0.218. The first-order valence-corrected chi connectivity index (χ1v) is 7.39. The molecule has 0 spiro atoms. The lowest BCUT2D eigenvalue weighted by Gasteiger charge is -2.29. The molecule has 112 valence electrons. The first-order valence-electron chi connectivity index (χ1n) is 7.39. The van der Waals surface area contributed by atoms with Crippen LogP contribution in [-0.2, 0) is 5.54 Å². The summed E-state index contributed by atoms with van der Waals surface area (Å²) in [5.74, 6) is 1.20. The Kier molecular flexibility index (Phi) is 4.48. The second-order valence-corrected chi connectivity index (χ2v) is 6.67. The third kappa shape index (κ3) is 3.39. The Balaban J connectivity index is 2.17. The minimum Gasteiger partial charge on any atom is -0.355 e. The third-order valence-electron chi connectivity index (χ3n) is 3.90. The molecule has 5 nitrogen and oxygen atoms in total. The molecule has 0 amide bonds. The Bertz CT molecular complexity index is 497. The molecule has 1 aromatic rings. The van der Waals surface area contributed by atoms with Crippen molar-refractivity contribution in [3.63, 3.8) is 0 Å². The van der Waals surface area contributed by atoms with Gasteiger partial charge in [0.25, 0.3) is 5.56 Å². The van der Waals surface area contributed by atoms with E-state index in [-0.39, 0.29) is 11.1 Å². The molecule has 1 aliphatic heterocycles. The molecular weight excluding hydrogens is 252 g/mol. The number of anilines is 1. The number of hydrogen-bond acceptors (Lipinski definition) is 4. The summed E-state index contributed by atoms with van der Waals surface area (Å²) in [7, 11) is 1.97. The van der Waals surface area contributed by atoms with Gasteiger partial charge in [0.05, 0.1) is 0 Å². The quantitative estimate of drug-likeness (QED) is 0.909. The molecule has 1 aliphatic rings. The highest BCUT2D eigenvalue weighted by atomic mass is 16.1. The molecule has 0 saturated carbocycles. The summed E-state index contributed by atoms with van der Waals surface area (Å²) in [6.45, 7) is 9.15. The molecule has 0 atom stereocenters. The Morgan fingerprint density at radius 2 is 2.05 bits per heavy atom. The first kappa shape index (κ1) is 15.0. The maximum absolute atomic E-state index is 12.5. The van der Waals surface area contributed by atoms with Gasteiger partial charge in [0.15, 0.2) is 5.82 Å². The second-order valence-electron chi connectivity index (χ2n) is 6.67. The summed E-state index contributed by atoms with van der Waals surface area (Å²) in [4.78, 5) is 18.9. The van der Waals surface area contributed by atoms with Crippen LogP contribution in [0, 0.1) is 5.92 Å². The fourth-order valence-electron chi connectivity index (χ4n) is 2.73. The molecule has 0 radical (unpaired) electrons. The van der Waals surface area contributed by atoms with Crippen LogP contribution in [0.25, 0.3) is 0 Å². The Hall–Kier alpha value is -1.36. The Morgan fingerprint density at radius 3 is 2.65 bits per heavy atom. The van der Waals surface area contributed by atoms with E-state index in [1.807, 2.05) is 32.7 Å². The number of rotatable bonds is 3. The van der Waals surface area contributed by atoms with Crippen molar-refractivity contribution in [3.8, 4) is 0 Å². The molecule has 1 saturated heterocycles. The van der Waals surface area contributed by atoms with Gasteiger partial charge in [-0.25, -0.2) is 4.98 Å². The largest absolute Gasteiger partial charge is 0.355 e. The van der Waals surface area contributed by atoms with Gasteiger partial charge in [0.1, 0.15) is 0 Å². The fourth-order valence-corrected chi connectivity index (χ4v) is 2.73. The Morgan fingerprint density at radius 1 is 1.40 bits per heavy atom. The van der Waals surface area contributed by atoms with E-state index in [4.69, 9.17) is 0 Å². The predicted octanol–water partition coefficient (Wildman–Crippen LogP) is 1.43. The van der Waals surface area contributed by atoms with E-state index in [1.54, 1.807) is 17.0 Å². The number of hydrogen-bond donors (Lipinski definition) is 1. The zero-order valence-corrected chi connectivity index (χ0v) is 13.0. The first-order chi connectivity index (χ1) is 9.39. The lowest BCUT2D eigenvalue weighted by atomic mass is 9.98. The maximum atomic E-state index is 12.5. The van der Waals surface area contributed by atoms with E-state index in [0.717, 1.165) is 19.6 Å². The van der Waals surface area contributed by atoms with Gasteiger partial charge < -0.3 is 14.8 Å². The summed E-state index contributed by atoms with van der Waals surface area (Å²) in [6, 6.07) is 0. The van der Waals surface area contributed by atoms with Crippen molar-refractivity contribution in [1.82, 2.24) is 14.9 Å². The lowest BCUT2D eigenvalue weighted by molar-refractivity contribution is 0.371. The molecule has 2 rings (SSSR count). The van der Waals surface area contributed by atoms with E-state index in [9.17, 15) is 4.79 Å². The van der Waals surface area contributed by atoms with Crippen molar-refractivity contribution in [2.75, 3.05) is 31.6 Å². The number of nitrogens with zero attached hydrogens (tertiary/aromatic N) is 3. The summed E-state index contributed by atoms with van der Waals surface area (Å²) in [6.07, 6.45) is 5.83. The monoisotopic (exact) mass is 278 g/mol. The smallest absolute Gasteiger partial charge is 0.293 e. The highest BCUT2D eigenvalue weighted by Crippen LogP contribution is 2.16. The van der Waals surface area contributed by atoms with Gasteiger partial charge >= 0.3 is 0 Å². The van der Waals surface area contributed by atoms with Gasteiger partial charge in [0, 0.05) is 31.5 Å². The van der Waals surface area contributed by atoms with E-state index >= 15 is 0 Å². The Labute approximate surface area is 121 Å². The van der Waals surface area contributed by atoms with Gasteiger partial charge in [-0.05, 0) is 52.6 Å². The minimum absolute atomic E-state index is 0.00330. The van der Waals surface area contributed by atoms with Gasteiger partial charge in [-0.1, -0.05) is 0 Å². The van der Waals surface area contributed by atoms with Crippen LogP contribution in [0.2, 0.25) is 0 Å². The molecular formula is C15H26N4O.